The van der Waals surface area contributed by atoms with Gasteiger partial charge in [-0.05, 0) is 20.3 Å². The molecular formula is C12H26N3+. The van der Waals surface area contributed by atoms with Crippen molar-refractivity contribution in [2.75, 3.05) is 20.1 Å². The molecule has 0 aromatic rings. The smallest absolute Gasteiger partial charge is 0.137 e. The van der Waals surface area contributed by atoms with Crippen LogP contribution in [0, 0.1) is 0 Å². The first kappa shape index (κ1) is 11.4. The lowest BCUT2D eigenvalue weighted by atomic mass is 9.87. The fourth-order valence-corrected chi connectivity index (χ4v) is 3.45. The predicted molar refractivity (Wildman–Crippen MR) is 63.4 cm³/mol. The highest BCUT2D eigenvalue weighted by molar-refractivity contribution is 4.89. The highest BCUT2D eigenvalue weighted by Gasteiger charge is 2.50. The number of fused-ring (bicyclic) bond motifs is 3. The summed E-state index contributed by atoms with van der Waals surface area (Å²) in [6, 6.07) is 2.23. The molecule has 3 heterocycles. The summed E-state index contributed by atoms with van der Waals surface area (Å²) in [7, 11) is 2.35. The topological polar surface area (TPSA) is 29.3 Å². The van der Waals surface area contributed by atoms with Gasteiger partial charge in [-0.15, -0.1) is 0 Å². The first-order chi connectivity index (χ1) is 6.95. The normalized spacial score (nSPS) is 43.6. The largest absolute Gasteiger partial charge is 0.307 e. The molecule has 2 N–H and O–H groups in total. The van der Waals surface area contributed by atoms with Crippen LogP contribution in [0.4, 0.5) is 0 Å². The number of hydrogen-bond acceptors (Lipinski definition) is 2. The number of piperazine rings is 1. The van der Waals surface area contributed by atoms with Gasteiger partial charge < -0.3 is 4.48 Å². The summed E-state index contributed by atoms with van der Waals surface area (Å²) < 4.78 is 1.09. The van der Waals surface area contributed by atoms with E-state index in [4.69, 9.17) is 5.73 Å². The molecule has 88 valence electrons. The molecule has 15 heavy (non-hydrogen) atoms. The van der Waals surface area contributed by atoms with Gasteiger partial charge in [0.2, 0.25) is 0 Å². The van der Waals surface area contributed by atoms with Crippen molar-refractivity contribution in [2.24, 2.45) is 5.73 Å². The van der Waals surface area contributed by atoms with Crippen molar-refractivity contribution in [1.82, 2.24) is 4.90 Å². The van der Waals surface area contributed by atoms with Gasteiger partial charge in [0.15, 0.2) is 0 Å². The van der Waals surface area contributed by atoms with Crippen LogP contribution in [0.2, 0.25) is 0 Å². The van der Waals surface area contributed by atoms with E-state index in [9.17, 15) is 0 Å². The summed E-state index contributed by atoms with van der Waals surface area (Å²) in [4.78, 5) is 2.68. The van der Waals surface area contributed by atoms with E-state index >= 15 is 0 Å². The number of quaternary nitrogens is 1. The van der Waals surface area contributed by atoms with Crippen LogP contribution in [-0.4, -0.2) is 53.8 Å². The molecule has 0 aliphatic carbocycles. The molecule has 3 heteroatoms. The summed E-state index contributed by atoms with van der Waals surface area (Å²) in [6.07, 6.45) is 3.03. The van der Waals surface area contributed by atoms with Gasteiger partial charge in [-0.3, -0.25) is 10.6 Å². The van der Waals surface area contributed by atoms with Gasteiger partial charge in [-0.2, -0.15) is 0 Å². The Morgan fingerprint density at radius 2 is 1.93 bits per heavy atom. The molecular weight excluding hydrogens is 186 g/mol. The molecule has 2 bridgehead atoms. The van der Waals surface area contributed by atoms with Gasteiger partial charge in [0.05, 0.1) is 26.2 Å². The zero-order chi connectivity index (χ0) is 11.2. The van der Waals surface area contributed by atoms with Crippen molar-refractivity contribution >= 4 is 0 Å². The molecule has 3 nitrogen and oxygen atoms in total. The lowest BCUT2D eigenvalue weighted by molar-refractivity contribution is -0.966. The summed E-state index contributed by atoms with van der Waals surface area (Å²) in [5, 5.41) is 0. The number of likely N-dealkylation sites (N-methyl/N-ethyl adjacent to an activating group) is 1. The maximum absolute atomic E-state index is 6.16. The lowest BCUT2D eigenvalue weighted by Crippen LogP contribution is -2.75. The molecule has 3 saturated heterocycles. The maximum Gasteiger partial charge on any atom is 0.137 e. The fourth-order valence-electron chi connectivity index (χ4n) is 3.45. The number of nitrogens with two attached hydrogens (primary N) is 1. The quantitative estimate of drug-likeness (QED) is 0.692. The van der Waals surface area contributed by atoms with Crippen LogP contribution >= 0.6 is 0 Å². The molecule has 0 aromatic heterocycles. The van der Waals surface area contributed by atoms with Crippen molar-refractivity contribution in [3.63, 3.8) is 0 Å². The van der Waals surface area contributed by atoms with Gasteiger partial charge in [-0.1, -0.05) is 0 Å². The molecule has 0 aromatic carbocycles. The van der Waals surface area contributed by atoms with Crippen LogP contribution in [0.5, 0.6) is 0 Å². The van der Waals surface area contributed by atoms with Gasteiger partial charge in [-0.25, -0.2) is 0 Å². The van der Waals surface area contributed by atoms with Crippen LogP contribution in [0.3, 0.4) is 0 Å². The average Bonchev–Trinajstić information content (AvgIpc) is 2.17. The molecule has 4 atom stereocenters. The van der Waals surface area contributed by atoms with Gasteiger partial charge in [0, 0.05) is 19.4 Å². The number of piperidine rings is 2. The minimum Gasteiger partial charge on any atom is -0.307 e. The monoisotopic (exact) mass is 212 g/mol. The van der Waals surface area contributed by atoms with Crippen LogP contribution in [0.15, 0.2) is 0 Å². The third-order valence-corrected chi connectivity index (χ3v) is 4.76. The van der Waals surface area contributed by atoms with Crippen LogP contribution < -0.4 is 5.73 Å². The Kier molecular flexibility index (Phi) is 2.82. The number of rotatable bonds is 2. The van der Waals surface area contributed by atoms with Gasteiger partial charge in [0.25, 0.3) is 0 Å². The summed E-state index contributed by atoms with van der Waals surface area (Å²) in [6.45, 7) is 9.30. The molecule has 0 spiro atoms. The second-order valence-electron chi connectivity index (χ2n) is 5.95. The van der Waals surface area contributed by atoms with Crippen LogP contribution in [-0.2, 0) is 0 Å². The van der Waals surface area contributed by atoms with Crippen molar-refractivity contribution in [3.05, 3.63) is 0 Å². The Balaban J connectivity index is 2.15. The molecule has 0 radical (unpaired) electrons. The minimum atomic E-state index is 0.284. The zero-order valence-corrected chi connectivity index (χ0v) is 10.6. The van der Waals surface area contributed by atoms with Gasteiger partial charge >= 0.3 is 0 Å². The van der Waals surface area contributed by atoms with Crippen LogP contribution in [0.1, 0.15) is 33.6 Å². The van der Waals surface area contributed by atoms with E-state index in [2.05, 4.69) is 32.7 Å². The molecule has 0 amide bonds. The highest BCUT2D eigenvalue weighted by Crippen LogP contribution is 2.35. The van der Waals surface area contributed by atoms with E-state index in [0.29, 0.717) is 6.04 Å². The highest BCUT2D eigenvalue weighted by atomic mass is 15.5. The first-order valence-corrected chi connectivity index (χ1v) is 6.31. The summed E-state index contributed by atoms with van der Waals surface area (Å²) in [5.74, 6) is 0. The fraction of sp³-hybridized carbons (Fsp3) is 1.00. The third kappa shape index (κ3) is 1.71. The molecule has 3 aliphatic rings. The van der Waals surface area contributed by atoms with E-state index in [1.807, 2.05) is 0 Å². The third-order valence-electron chi connectivity index (χ3n) is 4.76. The van der Waals surface area contributed by atoms with E-state index < -0.39 is 0 Å². The van der Waals surface area contributed by atoms with Crippen LogP contribution in [0.25, 0.3) is 0 Å². The van der Waals surface area contributed by atoms with E-state index in [1.54, 1.807) is 0 Å². The standard InChI is InChI=1S/C12H26N3/c1-9(2)14-7-12-6-5-11(14)8-15(12,4)10(3)13/h9-12H,5-8,13H2,1-4H3/q+1. The van der Waals surface area contributed by atoms with E-state index in [-0.39, 0.29) is 6.17 Å². The summed E-state index contributed by atoms with van der Waals surface area (Å²) >= 11 is 0. The van der Waals surface area contributed by atoms with Crippen molar-refractivity contribution in [2.45, 2.75) is 57.9 Å². The first-order valence-electron chi connectivity index (χ1n) is 6.31. The Hall–Kier alpha value is -0.120. The predicted octanol–water partition coefficient (Wildman–Crippen LogP) is 0.993. The minimum absolute atomic E-state index is 0.284. The Morgan fingerprint density at radius 1 is 1.27 bits per heavy atom. The second-order valence-corrected chi connectivity index (χ2v) is 5.95. The van der Waals surface area contributed by atoms with E-state index in [1.165, 1.54) is 25.9 Å². The molecule has 3 aliphatic heterocycles. The molecule has 0 saturated carbocycles. The summed E-state index contributed by atoms with van der Waals surface area (Å²) in [5.41, 5.74) is 6.16. The zero-order valence-electron chi connectivity index (χ0n) is 10.6. The van der Waals surface area contributed by atoms with Crippen molar-refractivity contribution in [3.8, 4) is 0 Å². The number of hydrogen-bond donors (Lipinski definition) is 1. The van der Waals surface area contributed by atoms with Crippen molar-refractivity contribution in [1.29, 1.82) is 0 Å². The SMILES string of the molecule is CC(C)N1CC2CCC1C[N+]2(C)C(C)N. The maximum atomic E-state index is 6.16. The Morgan fingerprint density at radius 3 is 2.33 bits per heavy atom. The molecule has 4 unspecified atom stereocenters. The lowest BCUT2D eigenvalue weighted by Gasteiger charge is -2.58. The Labute approximate surface area is 93.8 Å². The molecule has 3 fully saturated rings. The number of nitrogens with zero attached hydrogens (tertiary/aromatic N) is 2. The Bertz CT molecular complexity index is 239. The average molecular weight is 212 g/mol. The van der Waals surface area contributed by atoms with E-state index in [0.717, 1.165) is 16.6 Å². The molecule has 3 rings (SSSR count). The second kappa shape index (κ2) is 3.72. The van der Waals surface area contributed by atoms with Crippen molar-refractivity contribution < 1.29 is 4.48 Å². The van der Waals surface area contributed by atoms with Gasteiger partial charge in [0.1, 0.15) is 12.2 Å².